The van der Waals surface area contributed by atoms with Crippen LogP contribution >= 0.6 is 19.2 Å². The van der Waals surface area contributed by atoms with Gasteiger partial charge in [0, 0.05) is 0 Å². The number of aromatic nitrogens is 1. The number of hydrogen-bond acceptors (Lipinski definition) is 6. The smallest absolute Gasteiger partial charge is 0.403 e. The highest BCUT2D eigenvalue weighted by Gasteiger charge is 2.29. The second-order valence-corrected chi connectivity index (χ2v) is 7.54. The average Bonchev–Trinajstić information content (AvgIpc) is 3.04. The third-order valence-electron chi connectivity index (χ3n) is 3.21. The van der Waals surface area contributed by atoms with Crippen LogP contribution in [-0.4, -0.2) is 18.2 Å². The van der Waals surface area contributed by atoms with Gasteiger partial charge in [0.25, 0.3) is 0 Å². The van der Waals surface area contributed by atoms with E-state index in [0.29, 0.717) is 11.3 Å². The molecule has 5 nitrogen and oxygen atoms in total. The van der Waals surface area contributed by atoms with Crippen LogP contribution < -0.4 is 4.52 Å². The Bertz CT molecular complexity index is 930. The first-order chi connectivity index (χ1) is 12.1. The summed E-state index contributed by atoms with van der Waals surface area (Å²) in [5.41, 5.74) is 1.61. The van der Waals surface area contributed by atoms with Crippen LogP contribution in [0, 0.1) is 12.3 Å². The predicted molar refractivity (Wildman–Crippen MR) is 99.7 cm³/mol. The molecule has 1 unspecified atom stereocenters. The van der Waals surface area contributed by atoms with Crippen molar-refractivity contribution in [3.05, 3.63) is 48.5 Å². The van der Waals surface area contributed by atoms with Crippen molar-refractivity contribution >= 4 is 29.4 Å². The largest absolute Gasteiger partial charge is 0.531 e. The van der Waals surface area contributed by atoms with Gasteiger partial charge in [-0.25, -0.2) is 9.55 Å². The van der Waals surface area contributed by atoms with Gasteiger partial charge in [-0.1, -0.05) is 30.2 Å². The quantitative estimate of drug-likeness (QED) is 0.424. The zero-order valence-electron chi connectivity index (χ0n) is 13.5. The molecule has 0 aliphatic carbocycles. The van der Waals surface area contributed by atoms with Crippen molar-refractivity contribution in [2.24, 2.45) is 0 Å². The molecule has 0 aliphatic heterocycles. The van der Waals surface area contributed by atoms with E-state index in [9.17, 15) is 4.57 Å². The maximum absolute atomic E-state index is 12.7. The molecular weight excluding hydrogens is 357 g/mol. The summed E-state index contributed by atoms with van der Waals surface area (Å²) >= 11 is 1.53. The van der Waals surface area contributed by atoms with Crippen LogP contribution in [0.3, 0.4) is 0 Å². The number of terminal acetylenes is 1. The first-order valence-corrected chi connectivity index (χ1v) is 9.90. The van der Waals surface area contributed by atoms with Crippen LogP contribution in [0.25, 0.3) is 20.8 Å². The summed E-state index contributed by atoms with van der Waals surface area (Å²) in [7, 11) is -3.81. The second-order valence-electron chi connectivity index (χ2n) is 4.92. The summed E-state index contributed by atoms with van der Waals surface area (Å²) in [6.45, 7) is 1.71. The molecular formula is C18H16NO4PS. The van der Waals surface area contributed by atoms with E-state index in [-0.39, 0.29) is 13.2 Å². The zero-order chi connectivity index (χ0) is 17.7. The predicted octanol–water partition coefficient (Wildman–Crippen LogP) is 5.14. The van der Waals surface area contributed by atoms with Gasteiger partial charge in [0.15, 0.2) is 0 Å². The fourth-order valence-corrected chi connectivity index (χ4v) is 4.32. The molecule has 1 aromatic heterocycles. The summed E-state index contributed by atoms with van der Waals surface area (Å²) in [4.78, 5) is 4.62. The highest BCUT2D eigenvalue weighted by atomic mass is 32.1. The van der Waals surface area contributed by atoms with Crippen LogP contribution in [0.15, 0.2) is 48.5 Å². The molecule has 2 aromatic carbocycles. The lowest BCUT2D eigenvalue weighted by Gasteiger charge is -2.18. The SMILES string of the molecule is C#CCOP(=O)(OCC)Oc1ccccc1-c1nc2ccccc2s1. The molecule has 7 heteroatoms. The fourth-order valence-electron chi connectivity index (χ4n) is 2.20. The van der Waals surface area contributed by atoms with Crippen LogP contribution in [0.5, 0.6) is 5.75 Å². The summed E-state index contributed by atoms with van der Waals surface area (Å²) in [5.74, 6) is 2.64. The van der Waals surface area contributed by atoms with E-state index in [2.05, 4.69) is 10.9 Å². The molecule has 0 aliphatic rings. The van der Waals surface area contributed by atoms with E-state index < -0.39 is 7.82 Å². The van der Waals surface area contributed by atoms with Crippen LogP contribution in [0.1, 0.15) is 6.92 Å². The van der Waals surface area contributed by atoms with Crippen molar-refractivity contribution < 1.29 is 18.1 Å². The van der Waals surface area contributed by atoms with Crippen molar-refractivity contribution in [1.82, 2.24) is 4.98 Å². The van der Waals surface area contributed by atoms with Gasteiger partial charge in [-0.2, -0.15) is 0 Å². The maximum Gasteiger partial charge on any atom is 0.531 e. The third kappa shape index (κ3) is 4.09. The first-order valence-electron chi connectivity index (χ1n) is 7.62. The topological polar surface area (TPSA) is 57.7 Å². The highest BCUT2D eigenvalue weighted by molar-refractivity contribution is 7.49. The minimum absolute atomic E-state index is 0.166. The molecule has 3 aromatic rings. The lowest BCUT2D eigenvalue weighted by molar-refractivity contribution is 0.176. The van der Waals surface area contributed by atoms with E-state index in [0.717, 1.165) is 15.2 Å². The van der Waals surface area contributed by atoms with Crippen molar-refractivity contribution in [1.29, 1.82) is 0 Å². The number of benzene rings is 2. The van der Waals surface area contributed by atoms with Crippen LogP contribution in [-0.2, 0) is 13.6 Å². The van der Waals surface area contributed by atoms with Crippen LogP contribution in [0.4, 0.5) is 0 Å². The summed E-state index contributed by atoms with van der Waals surface area (Å²) in [6, 6.07) is 15.0. The van der Waals surface area contributed by atoms with Gasteiger partial charge in [-0.3, -0.25) is 9.05 Å². The number of thiazole rings is 1. The molecule has 0 N–H and O–H groups in total. The van der Waals surface area contributed by atoms with Crippen molar-refractivity contribution in [3.63, 3.8) is 0 Å². The molecule has 0 amide bonds. The Hall–Kier alpha value is -2.16. The van der Waals surface area contributed by atoms with Gasteiger partial charge in [-0.15, -0.1) is 17.8 Å². The zero-order valence-corrected chi connectivity index (χ0v) is 15.3. The third-order valence-corrected chi connectivity index (χ3v) is 5.72. The van der Waals surface area contributed by atoms with E-state index in [1.165, 1.54) is 11.3 Å². The van der Waals surface area contributed by atoms with E-state index in [1.807, 2.05) is 36.4 Å². The monoisotopic (exact) mass is 373 g/mol. The number of rotatable bonds is 7. The van der Waals surface area contributed by atoms with Gasteiger partial charge in [0.1, 0.15) is 17.4 Å². The number of phosphoric ester groups is 1. The van der Waals surface area contributed by atoms with E-state index >= 15 is 0 Å². The Balaban J connectivity index is 1.98. The molecule has 0 spiro atoms. The van der Waals surface area contributed by atoms with Crippen molar-refractivity contribution in [3.8, 4) is 28.7 Å². The molecule has 0 fully saturated rings. The van der Waals surface area contributed by atoms with Crippen LogP contribution in [0.2, 0.25) is 0 Å². The Labute approximate surface area is 150 Å². The van der Waals surface area contributed by atoms with E-state index in [1.54, 1.807) is 19.1 Å². The highest BCUT2D eigenvalue weighted by Crippen LogP contribution is 2.51. The molecule has 25 heavy (non-hydrogen) atoms. The standard InChI is InChI=1S/C18H16NO4PS/c1-3-13-22-24(20,21-4-2)23-16-11-7-5-9-14(16)18-19-15-10-6-8-12-17(15)25-18/h1,5-12H,4,13H2,2H3. The molecule has 0 radical (unpaired) electrons. The number of phosphoric acid groups is 1. The minimum Gasteiger partial charge on any atom is -0.403 e. The Morgan fingerprint density at radius 1 is 1.16 bits per heavy atom. The van der Waals surface area contributed by atoms with Gasteiger partial charge < -0.3 is 4.52 Å². The molecule has 0 saturated heterocycles. The Morgan fingerprint density at radius 3 is 2.68 bits per heavy atom. The van der Waals surface area contributed by atoms with Gasteiger partial charge in [0.05, 0.1) is 22.4 Å². The Morgan fingerprint density at radius 2 is 1.92 bits per heavy atom. The molecule has 0 bridgehead atoms. The number of nitrogens with zero attached hydrogens (tertiary/aromatic N) is 1. The molecule has 0 saturated carbocycles. The number of para-hydroxylation sites is 2. The summed E-state index contributed by atoms with van der Waals surface area (Å²) in [5, 5.41) is 0.761. The van der Waals surface area contributed by atoms with Crippen molar-refractivity contribution in [2.45, 2.75) is 6.92 Å². The average molecular weight is 373 g/mol. The maximum atomic E-state index is 12.7. The van der Waals surface area contributed by atoms with Gasteiger partial charge in [0.2, 0.25) is 0 Å². The number of fused-ring (bicyclic) bond motifs is 1. The number of hydrogen-bond donors (Lipinski definition) is 0. The molecule has 3 rings (SSSR count). The lowest BCUT2D eigenvalue weighted by Crippen LogP contribution is -2.03. The van der Waals surface area contributed by atoms with Gasteiger partial charge >= 0.3 is 7.82 Å². The first kappa shape index (κ1) is 17.7. The molecule has 1 heterocycles. The van der Waals surface area contributed by atoms with E-state index in [4.69, 9.17) is 20.0 Å². The van der Waals surface area contributed by atoms with Crippen molar-refractivity contribution in [2.75, 3.05) is 13.2 Å². The van der Waals surface area contributed by atoms with Gasteiger partial charge in [-0.05, 0) is 31.2 Å². The molecule has 128 valence electrons. The fraction of sp³-hybridized carbons (Fsp3) is 0.167. The second kappa shape index (κ2) is 7.81. The molecule has 1 atom stereocenters. The summed E-state index contributed by atoms with van der Waals surface area (Å²) in [6.07, 6.45) is 5.17. The lowest BCUT2D eigenvalue weighted by atomic mass is 10.2. The summed E-state index contributed by atoms with van der Waals surface area (Å²) < 4.78 is 29.7. The minimum atomic E-state index is -3.81. The normalized spacial score (nSPS) is 13.3. The Kier molecular flexibility index (Phi) is 5.52.